The molecule has 2 fully saturated rings. The van der Waals surface area contributed by atoms with Crippen molar-refractivity contribution in [2.24, 2.45) is 5.92 Å². The van der Waals surface area contributed by atoms with E-state index in [2.05, 4.69) is 17.1 Å². The average molecular weight is 184 g/mol. The average Bonchev–Trinajstić information content (AvgIpc) is 2.68. The Labute approximate surface area is 82.7 Å². The number of nitrogens with one attached hydrogen (secondary N) is 1. The fraction of sp³-hybridized carbons (Fsp3) is 1.00. The Kier molecular flexibility index (Phi) is 4.74. The normalized spacial score (nSPS) is 32.5. The summed E-state index contributed by atoms with van der Waals surface area (Å²) >= 11 is 0. The number of hydrogen-bond donors (Lipinski definition) is 1. The maximum absolute atomic E-state index is 3.57. The van der Waals surface area contributed by atoms with Crippen molar-refractivity contribution in [3.63, 3.8) is 0 Å². The van der Waals surface area contributed by atoms with E-state index in [4.69, 9.17) is 0 Å². The molecule has 2 heterocycles. The van der Waals surface area contributed by atoms with E-state index in [-0.39, 0.29) is 0 Å². The molecule has 13 heavy (non-hydrogen) atoms. The third-order valence-corrected chi connectivity index (χ3v) is 2.98. The highest BCUT2D eigenvalue weighted by Crippen LogP contribution is 2.24. The molecule has 0 spiro atoms. The number of likely N-dealkylation sites (tertiary alicyclic amines) is 1. The van der Waals surface area contributed by atoms with Crippen LogP contribution in [-0.2, 0) is 0 Å². The molecular formula is C11H24N2. The van der Waals surface area contributed by atoms with Crippen LogP contribution in [0.1, 0.15) is 33.6 Å². The molecule has 0 aliphatic carbocycles. The van der Waals surface area contributed by atoms with E-state index in [0.717, 1.165) is 12.0 Å². The van der Waals surface area contributed by atoms with Crippen molar-refractivity contribution in [3.8, 4) is 0 Å². The van der Waals surface area contributed by atoms with Crippen LogP contribution in [0.4, 0.5) is 0 Å². The van der Waals surface area contributed by atoms with Gasteiger partial charge in [0.25, 0.3) is 0 Å². The molecule has 2 saturated heterocycles. The second-order valence-electron chi connectivity index (χ2n) is 3.87. The maximum atomic E-state index is 3.57. The first-order chi connectivity index (χ1) is 6.40. The van der Waals surface area contributed by atoms with Crippen LogP contribution in [0.25, 0.3) is 0 Å². The van der Waals surface area contributed by atoms with Crippen LogP contribution in [0.15, 0.2) is 0 Å². The summed E-state index contributed by atoms with van der Waals surface area (Å²) in [5, 5.41) is 3.57. The van der Waals surface area contributed by atoms with Crippen molar-refractivity contribution in [2.75, 3.05) is 26.2 Å². The van der Waals surface area contributed by atoms with Gasteiger partial charge < -0.3 is 10.2 Å². The summed E-state index contributed by atoms with van der Waals surface area (Å²) in [5.41, 5.74) is 0. The molecule has 0 amide bonds. The molecule has 2 aliphatic heterocycles. The molecule has 0 aromatic heterocycles. The first-order valence-corrected chi connectivity index (χ1v) is 5.86. The smallest absolute Gasteiger partial charge is 0.0235 e. The van der Waals surface area contributed by atoms with E-state index < -0.39 is 0 Å². The first kappa shape index (κ1) is 11.0. The lowest BCUT2D eigenvalue weighted by Crippen LogP contribution is -2.30. The molecule has 78 valence electrons. The van der Waals surface area contributed by atoms with E-state index >= 15 is 0 Å². The third kappa shape index (κ3) is 2.68. The van der Waals surface area contributed by atoms with Gasteiger partial charge in [-0.25, -0.2) is 0 Å². The van der Waals surface area contributed by atoms with Gasteiger partial charge in [-0.2, -0.15) is 0 Å². The van der Waals surface area contributed by atoms with Crippen LogP contribution in [0.5, 0.6) is 0 Å². The molecule has 0 saturated carbocycles. The highest BCUT2D eigenvalue weighted by atomic mass is 15.2. The molecular weight excluding hydrogens is 160 g/mol. The van der Waals surface area contributed by atoms with Crippen molar-refractivity contribution >= 4 is 0 Å². The Hall–Kier alpha value is -0.0800. The molecule has 1 N–H and O–H groups in total. The fourth-order valence-electron chi connectivity index (χ4n) is 2.44. The molecule has 2 heteroatoms. The summed E-state index contributed by atoms with van der Waals surface area (Å²) in [6, 6.07) is 0.835. The minimum absolute atomic E-state index is 0.835. The van der Waals surface area contributed by atoms with Crippen LogP contribution in [0, 0.1) is 5.92 Å². The van der Waals surface area contributed by atoms with Crippen molar-refractivity contribution in [1.82, 2.24) is 10.2 Å². The molecule has 2 unspecified atom stereocenters. The molecule has 0 aromatic carbocycles. The van der Waals surface area contributed by atoms with Gasteiger partial charge in [0, 0.05) is 19.1 Å². The second-order valence-corrected chi connectivity index (χ2v) is 3.87. The van der Waals surface area contributed by atoms with Crippen LogP contribution in [-0.4, -0.2) is 37.1 Å². The van der Waals surface area contributed by atoms with E-state index in [9.17, 15) is 0 Å². The van der Waals surface area contributed by atoms with Crippen molar-refractivity contribution < 1.29 is 0 Å². The zero-order valence-electron chi connectivity index (χ0n) is 9.34. The molecule has 2 aliphatic rings. The van der Waals surface area contributed by atoms with Gasteiger partial charge in [0.05, 0.1) is 0 Å². The van der Waals surface area contributed by atoms with Gasteiger partial charge in [-0.3, -0.25) is 0 Å². The van der Waals surface area contributed by atoms with Crippen molar-refractivity contribution in [1.29, 1.82) is 0 Å². The molecule has 2 atom stereocenters. The third-order valence-electron chi connectivity index (χ3n) is 2.98. The van der Waals surface area contributed by atoms with Crippen molar-refractivity contribution in [2.45, 2.75) is 39.7 Å². The van der Waals surface area contributed by atoms with Crippen LogP contribution in [0.2, 0.25) is 0 Å². The van der Waals surface area contributed by atoms with Crippen LogP contribution >= 0.6 is 0 Å². The standard InChI is InChI=1S/C9H18N2.C2H6/c1-2-5-11-6-8-3-4-10-9(8)7-11;1-2/h8-10H,2-7H2,1H3;1-2H3. The van der Waals surface area contributed by atoms with Gasteiger partial charge in [0.2, 0.25) is 0 Å². The van der Waals surface area contributed by atoms with Crippen LogP contribution < -0.4 is 5.32 Å². The summed E-state index contributed by atoms with van der Waals surface area (Å²) in [6.45, 7) is 11.5. The number of rotatable bonds is 2. The maximum Gasteiger partial charge on any atom is 0.0235 e. The predicted octanol–water partition coefficient (Wildman–Crippen LogP) is 1.72. The summed E-state index contributed by atoms with van der Waals surface area (Å²) in [7, 11) is 0. The number of fused-ring (bicyclic) bond motifs is 1. The first-order valence-electron chi connectivity index (χ1n) is 5.86. The lowest BCUT2D eigenvalue weighted by Gasteiger charge is -2.14. The molecule has 2 nitrogen and oxygen atoms in total. The van der Waals surface area contributed by atoms with Gasteiger partial charge in [0.15, 0.2) is 0 Å². The zero-order chi connectivity index (χ0) is 9.68. The SMILES string of the molecule is CC.CCCN1CC2CCNC2C1. The Balaban J connectivity index is 0.000000396. The predicted molar refractivity (Wildman–Crippen MR) is 58.0 cm³/mol. The zero-order valence-corrected chi connectivity index (χ0v) is 9.34. The van der Waals surface area contributed by atoms with E-state index in [1.807, 2.05) is 13.8 Å². The fourth-order valence-corrected chi connectivity index (χ4v) is 2.44. The monoisotopic (exact) mass is 184 g/mol. The summed E-state index contributed by atoms with van der Waals surface area (Å²) in [6.07, 6.45) is 2.71. The molecule has 0 radical (unpaired) electrons. The van der Waals surface area contributed by atoms with Gasteiger partial charge in [0.1, 0.15) is 0 Å². The highest BCUT2D eigenvalue weighted by molar-refractivity contribution is 4.93. The molecule has 0 bridgehead atoms. The lowest BCUT2D eigenvalue weighted by molar-refractivity contribution is 0.315. The number of nitrogens with zero attached hydrogens (tertiary/aromatic N) is 1. The van der Waals surface area contributed by atoms with Gasteiger partial charge in [-0.05, 0) is 31.8 Å². The number of hydrogen-bond acceptors (Lipinski definition) is 2. The quantitative estimate of drug-likeness (QED) is 0.703. The van der Waals surface area contributed by atoms with Gasteiger partial charge in [-0.15, -0.1) is 0 Å². The van der Waals surface area contributed by atoms with Gasteiger partial charge >= 0.3 is 0 Å². The van der Waals surface area contributed by atoms with E-state index in [1.54, 1.807) is 0 Å². The molecule has 0 aromatic rings. The second kappa shape index (κ2) is 5.61. The van der Waals surface area contributed by atoms with Gasteiger partial charge in [-0.1, -0.05) is 20.8 Å². The Morgan fingerprint density at radius 3 is 2.69 bits per heavy atom. The van der Waals surface area contributed by atoms with Crippen LogP contribution in [0.3, 0.4) is 0 Å². The van der Waals surface area contributed by atoms with Crippen molar-refractivity contribution in [3.05, 3.63) is 0 Å². The largest absolute Gasteiger partial charge is 0.312 e. The van der Waals surface area contributed by atoms with E-state index in [0.29, 0.717) is 0 Å². The topological polar surface area (TPSA) is 15.3 Å². The Morgan fingerprint density at radius 1 is 1.31 bits per heavy atom. The lowest BCUT2D eigenvalue weighted by atomic mass is 10.1. The molecule has 2 rings (SSSR count). The minimum atomic E-state index is 0.835. The Bertz CT molecular complexity index is 124. The highest BCUT2D eigenvalue weighted by Gasteiger charge is 2.34. The summed E-state index contributed by atoms with van der Waals surface area (Å²) < 4.78 is 0. The van der Waals surface area contributed by atoms with E-state index in [1.165, 1.54) is 39.0 Å². The summed E-state index contributed by atoms with van der Waals surface area (Å²) in [5.74, 6) is 0.974. The Morgan fingerprint density at radius 2 is 2.08 bits per heavy atom. The summed E-state index contributed by atoms with van der Waals surface area (Å²) in [4.78, 5) is 2.60. The minimum Gasteiger partial charge on any atom is -0.312 e.